The van der Waals surface area contributed by atoms with Crippen LogP contribution in [0.25, 0.3) is 0 Å². The summed E-state index contributed by atoms with van der Waals surface area (Å²) < 4.78 is 0. The number of aromatic nitrogens is 1. The van der Waals surface area contributed by atoms with E-state index in [1.165, 1.54) is 0 Å². The van der Waals surface area contributed by atoms with Crippen LogP contribution in [0.3, 0.4) is 0 Å². The largest absolute Gasteiger partial charge is 0.353 e. The van der Waals surface area contributed by atoms with E-state index < -0.39 is 0 Å². The number of anilines is 2. The standard InChI is InChI=1S/C13H10ClN3/c1-9-10(14)4-2-5-11(9)17-12-6-3-7-16-13(12)8-15/h2-7,17H,1H3. The summed E-state index contributed by atoms with van der Waals surface area (Å²) in [6.45, 7) is 1.92. The fraction of sp³-hybridized carbons (Fsp3) is 0.0769. The molecule has 4 heteroatoms. The number of hydrogen-bond acceptors (Lipinski definition) is 3. The van der Waals surface area contributed by atoms with E-state index >= 15 is 0 Å². The van der Waals surface area contributed by atoms with Crippen LogP contribution in [0.2, 0.25) is 5.02 Å². The molecule has 0 saturated carbocycles. The Morgan fingerprint density at radius 1 is 1.24 bits per heavy atom. The number of nitrogens with zero attached hydrogens (tertiary/aromatic N) is 2. The first-order valence-corrected chi connectivity index (χ1v) is 5.47. The van der Waals surface area contributed by atoms with Gasteiger partial charge < -0.3 is 5.32 Å². The molecule has 2 rings (SSSR count). The second-order valence-electron chi connectivity index (χ2n) is 3.55. The van der Waals surface area contributed by atoms with Crippen LogP contribution in [-0.4, -0.2) is 4.98 Å². The predicted octanol–water partition coefficient (Wildman–Crippen LogP) is 3.66. The highest BCUT2D eigenvalue weighted by Crippen LogP contribution is 2.26. The SMILES string of the molecule is Cc1c(Cl)cccc1Nc1cccnc1C#N. The Kier molecular flexibility index (Phi) is 3.27. The maximum Gasteiger partial charge on any atom is 0.163 e. The molecule has 0 aliphatic rings. The van der Waals surface area contributed by atoms with Gasteiger partial charge in [0.15, 0.2) is 5.69 Å². The third-order valence-electron chi connectivity index (χ3n) is 2.45. The van der Waals surface area contributed by atoms with Crippen molar-refractivity contribution >= 4 is 23.0 Å². The maximum atomic E-state index is 8.94. The molecule has 0 aliphatic heterocycles. The Morgan fingerprint density at radius 2 is 2.00 bits per heavy atom. The molecule has 1 N–H and O–H groups in total. The molecule has 0 saturated heterocycles. The van der Waals surface area contributed by atoms with Crippen LogP contribution in [0.5, 0.6) is 0 Å². The molecule has 17 heavy (non-hydrogen) atoms. The number of benzene rings is 1. The van der Waals surface area contributed by atoms with Crippen LogP contribution in [0.1, 0.15) is 11.3 Å². The Hall–Kier alpha value is -2.05. The van der Waals surface area contributed by atoms with Gasteiger partial charge in [0.25, 0.3) is 0 Å². The third kappa shape index (κ3) is 2.38. The van der Waals surface area contributed by atoms with E-state index in [0.717, 1.165) is 11.3 Å². The van der Waals surface area contributed by atoms with Crippen molar-refractivity contribution in [2.45, 2.75) is 6.92 Å². The van der Waals surface area contributed by atoms with Gasteiger partial charge >= 0.3 is 0 Å². The molecule has 0 radical (unpaired) electrons. The highest BCUT2D eigenvalue weighted by Gasteiger charge is 2.05. The van der Waals surface area contributed by atoms with Gasteiger partial charge in [0, 0.05) is 16.9 Å². The lowest BCUT2D eigenvalue weighted by molar-refractivity contribution is 1.26. The van der Waals surface area contributed by atoms with Crippen LogP contribution < -0.4 is 5.32 Å². The van der Waals surface area contributed by atoms with Gasteiger partial charge in [-0.05, 0) is 36.8 Å². The molecule has 1 aromatic carbocycles. The summed E-state index contributed by atoms with van der Waals surface area (Å²) in [6, 6.07) is 11.2. The Bertz CT molecular complexity index is 587. The topological polar surface area (TPSA) is 48.7 Å². The number of nitriles is 1. The van der Waals surface area contributed by atoms with Gasteiger partial charge in [0.2, 0.25) is 0 Å². The average molecular weight is 244 g/mol. The summed E-state index contributed by atoms with van der Waals surface area (Å²) in [5.74, 6) is 0. The first kappa shape index (κ1) is 11.4. The molecule has 0 unspecified atom stereocenters. The third-order valence-corrected chi connectivity index (χ3v) is 2.86. The lowest BCUT2D eigenvalue weighted by Crippen LogP contribution is -1.97. The first-order valence-electron chi connectivity index (χ1n) is 5.09. The lowest BCUT2D eigenvalue weighted by atomic mass is 10.2. The van der Waals surface area contributed by atoms with Crippen molar-refractivity contribution < 1.29 is 0 Å². The molecule has 0 amide bonds. The zero-order valence-electron chi connectivity index (χ0n) is 9.24. The second kappa shape index (κ2) is 4.86. The normalized spacial score (nSPS) is 9.71. The minimum atomic E-state index is 0.367. The van der Waals surface area contributed by atoms with E-state index in [1.54, 1.807) is 12.3 Å². The number of pyridine rings is 1. The molecular formula is C13H10ClN3. The van der Waals surface area contributed by atoms with Gasteiger partial charge in [-0.1, -0.05) is 17.7 Å². The summed E-state index contributed by atoms with van der Waals surface area (Å²) >= 11 is 6.03. The average Bonchev–Trinajstić information content (AvgIpc) is 2.35. The Morgan fingerprint density at radius 3 is 2.76 bits per heavy atom. The number of rotatable bonds is 2. The van der Waals surface area contributed by atoms with E-state index in [-0.39, 0.29) is 0 Å². The Labute approximate surface area is 105 Å². The predicted molar refractivity (Wildman–Crippen MR) is 68.4 cm³/mol. The summed E-state index contributed by atoms with van der Waals surface area (Å²) in [6.07, 6.45) is 1.59. The summed E-state index contributed by atoms with van der Waals surface area (Å²) in [5.41, 5.74) is 2.87. The van der Waals surface area contributed by atoms with Gasteiger partial charge in [-0.3, -0.25) is 0 Å². The van der Waals surface area contributed by atoms with Gasteiger partial charge in [-0.25, -0.2) is 4.98 Å². The van der Waals surface area contributed by atoms with Crippen LogP contribution in [0.4, 0.5) is 11.4 Å². The van der Waals surface area contributed by atoms with Gasteiger partial charge in [-0.2, -0.15) is 5.26 Å². The summed E-state index contributed by atoms with van der Waals surface area (Å²) in [7, 11) is 0. The number of hydrogen-bond donors (Lipinski definition) is 1. The number of nitrogens with one attached hydrogen (secondary N) is 1. The van der Waals surface area contributed by atoms with E-state index in [9.17, 15) is 0 Å². The minimum absolute atomic E-state index is 0.367. The lowest BCUT2D eigenvalue weighted by Gasteiger charge is -2.10. The molecule has 0 aliphatic carbocycles. The van der Waals surface area contributed by atoms with E-state index in [2.05, 4.69) is 10.3 Å². The van der Waals surface area contributed by atoms with E-state index in [1.807, 2.05) is 37.3 Å². The van der Waals surface area contributed by atoms with E-state index in [0.29, 0.717) is 16.4 Å². The van der Waals surface area contributed by atoms with Crippen LogP contribution in [0.15, 0.2) is 36.5 Å². The van der Waals surface area contributed by atoms with Crippen LogP contribution >= 0.6 is 11.6 Å². The molecule has 0 fully saturated rings. The molecule has 0 bridgehead atoms. The van der Waals surface area contributed by atoms with Crippen molar-refractivity contribution in [1.29, 1.82) is 5.26 Å². The van der Waals surface area contributed by atoms with Crippen molar-refractivity contribution in [1.82, 2.24) is 4.98 Å². The van der Waals surface area contributed by atoms with Crippen molar-refractivity contribution in [3.63, 3.8) is 0 Å². The quantitative estimate of drug-likeness (QED) is 0.876. The van der Waals surface area contributed by atoms with Crippen molar-refractivity contribution in [3.05, 3.63) is 52.8 Å². The molecule has 1 aromatic heterocycles. The minimum Gasteiger partial charge on any atom is -0.353 e. The molecule has 84 valence electrons. The van der Waals surface area contributed by atoms with Crippen molar-refractivity contribution in [2.24, 2.45) is 0 Å². The highest BCUT2D eigenvalue weighted by molar-refractivity contribution is 6.31. The highest BCUT2D eigenvalue weighted by atomic mass is 35.5. The zero-order chi connectivity index (χ0) is 12.3. The van der Waals surface area contributed by atoms with Gasteiger partial charge in [-0.15, -0.1) is 0 Å². The monoisotopic (exact) mass is 243 g/mol. The van der Waals surface area contributed by atoms with Crippen molar-refractivity contribution in [3.8, 4) is 6.07 Å². The zero-order valence-corrected chi connectivity index (χ0v) is 9.99. The fourth-order valence-corrected chi connectivity index (χ4v) is 1.66. The van der Waals surface area contributed by atoms with Gasteiger partial charge in [0.1, 0.15) is 6.07 Å². The van der Waals surface area contributed by atoms with Crippen molar-refractivity contribution in [2.75, 3.05) is 5.32 Å². The molecular weight excluding hydrogens is 234 g/mol. The van der Waals surface area contributed by atoms with Crippen LogP contribution in [0, 0.1) is 18.3 Å². The fourth-order valence-electron chi connectivity index (χ4n) is 1.48. The smallest absolute Gasteiger partial charge is 0.163 e. The van der Waals surface area contributed by atoms with Crippen LogP contribution in [-0.2, 0) is 0 Å². The number of halogens is 1. The molecule has 3 nitrogen and oxygen atoms in total. The molecule has 0 atom stereocenters. The summed E-state index contributed by atoms with van der Waals surface area (Å²) in [4.78, 5) is 3.99. The second-order valence-corrected chi connectivity index (χ2v) is 3.96. The first-order chi connectivity index (χ1) is 8.22. The molecule has 1 heterocycles. The Balaban J connectivity index is 2.39. The maximum absolute atomic E-state index is 8.94. The van der Waals surface area contributed by atoms with Gasteiger partial charge in [0.05, 0.1) is 5.69 Å². The molecule has 0 spiro atoms. The van der Waals surface area contributed by atoms with E-state index in [4.69, 9.17) is 16.9 Å². The summed E-state index contributed by atoms with van der Waals surface area (Å²) in [5, 5.41) is 12.8. The molecule has 2 aromatic rings.